The molecule has 0 saturated heterocycles. The number of hydrogen-bond donors (Lipinski definition) is 0. The molecule has 7 heterocycles. The van der Waals surface area contributed by atoms with Crippen LogP contribution in [0.15, 0.2) is 488 Å². The Morgan fingerprint density at radius 3 is 1.17 bits per heavy atom. The van der Waals surface area contributed by atoms with Crippen LogP contribution in [0.2, 0.25) is 0 Å². The summed E-state index contributed by atoms with van der Waals surface area (Å²) in [5.41, 5.74) is 31.4. The first-order chi connectivity index (χ1) is 68.9. The Balaban J connectivity index is 0.0000000993. The van der Waals surface area contributed by atoms with E-state index < -0.39 is 0 Å². The number of furan rings is 2. The van der Waals surface area contributed by atoms with Crippen LogP contribution >= 0.6 is 0 Å². The van der Waals surface area contributed by atoms with Crippen LogP contribution in [0.25, 0.3) is 290 Å². The first-order valence-corrected chi connectivity index (χ1v) is 47.8. The quantitative estimate of drug-likeness (QED) is 0.149. The lowest BCUT2D eigenvalue weighted by molar-refractivity contribution is 0.668. The minimum Gasteiger partial charge on any atom is -0.456 e. The van der Waals surface area contributed by atoms with E-state index in [1.165, 1.54) is 213 Å². The lowest BCUT2D eigenvalue weighted by atomic mass is 9.92. The van der Waals surface area contributed by atoms with Crippen molar-refractivity contribution in [1.29, 1.82) is 0 Å². The maximum atomic E-state index is 6.23. The molecule has 7 nitrogen and oxygen atoms in total. The molecule has 1 aliphatic carbocycles. The monoisotopic (exact) mass is 1770 g/mol. The van der Waals surface area contributed by atoms with E-state index in [2.05, 4.69) is 478 Å². The summed E-state index contributed by atoms with van der Waals surface area (Å²) in [4.78, 5) is 0. The van der Waals surface area contributed by atoms with Gasteiger partial charge in [-0.05, 0) is 273 Å². The first-order valence-electron chi connectivity index (χ1n) is 47.8. The molecule has 24 aromatic carbocycles. The van der Waals surface area contributed by atoms with Gasteiger partial charge in [-0.25, -0.2) is 0 Å². The zero-order valence-corrected chi connectivity index (χ0v) is 75.2. The van der Waals surface area contributed by atoms with Crippen LogP contribution in [-0.2, 0) is 0 Å². The molecule has 1 aliphatic rings. The summed E-state index contributed by atoms with van der Waals surface area (Å²) in [5, 5.41) is 32.8. The number of hydrogen-bond acceptors (Lipinski definition) is 2. The molecule has 0 aliphatic heterocycles. The maximum absolute atomic E-state index is 6.23. The van der Waals surface area contributed by atoms with Gasteiger partial charge in [0.15, 0.2) is 0 Å². The fraction of sp³-hybridized carbons (Fsp3) is 0. The highest BCUT2D eigenvalue weighted by Gasteiger charge is 2.28. The molecular formula is C132H79N5O2. The van der Waals surface area contributed by atoms with Gasteiger partial charge in [-0.3, -0.25) is 0 Å². The van der Waals surface area contributed by atoms with Gasteiger partial charge in [-0.2, -0.15) is 0 Å². The Labute approximate surface area is 795 Å². The standard InChI is InChI=1S/C52H32N2.C40H24N2O.C40H23NO/c1-2-14-37(15-3-1)54-50-30-35-13-5-4-12-34(35)29-46(50)48-31-47-44-20-10-11-21-49(44)53(51(47)32-52(48)54)38-25-22-33(23-26-38)36-24-27-43-41-18-7-6-16-39(41)40-17-8-9-19-42(40)45(43)28-36;1-2-11-26(12-3-1)41-35-20-18-25-10-4-5-13-28(25)40(35)33-23-31-29-14-6-8-16-34(29)42(36(31)24-37(33)41)27-19-21-39-32(22-27)30-15-7-9-17-38(30)43-39;1-2-12-29-28(11-1)32-14-6-8-24-19-21-35-40(38(24)32)39-33(29)15-7-16-34(39)41(35)27-10-5-9-25(22-27)26-18-20-31-30-13-3-4-17-36(30)42-37(31)23-26/h1-32H;1-24H;1-23H. The van der Waals surface area contributed by atoms with Gasteiger partial charge >= 0.3 is 0 Å². The van der Waals surface area contributed by atoms with E-state index in [4.69, 9.17) is 8.83 Å². The van der Waals surface area contributed by atoms with E-state index in [1.54, 1.807) is 0 Å². The fourth-order valence-corrected chi connectivity index (χ4v) is 23.8. The predicted octanol–water partition coefficient (Wildman–Crippen LogP) is 36.2. The average Bonchev–Trinajstić information content (AvgIpc) is 1.55. The molecule has 7 aromatic heterocycles. The van der Waals surface area contributed by atoms with Gasteiger partial charge in [0.2, 0.25) is 0 Å². The van der Waals surface area contributed by atoms with Crippen molar-refractivity contribution >= 4 is 218 Å². The van der Waals surface area contributed by atoms with E-state index in [9.17, 15) is 0 Å². The van der Waals surface area contributed by atoms with Gasteiger partial charge in [0.25, 0.3) is 0 Å². The van der Waals surface area contributed by atoms with Gasteiger partial charge < -0.3 is 31.7 Å². The summed E-state index contributed by atoms with van der Waals surface area (Å²) >= 11 is 0. The molecule has 0 fully saturated rings. The van der Waals surface area contributed by atoms with Crippen LogP contribution < -0.4 is 0 Å². The molecule has 32 rings (SSSR count). The molecule has 0 saturated carbocycles. The number of fused-ring (bicyclic) bond motifs is 30. The lowest BCUT2D eigenvalue weighted by Crippen LogP contribution is -1.96. The highest BCUT2D eigenvalue weighted by atomic mass is 16.3. The Kier molecular flexibility index (Phi) is 16.6. The number of para-hydroxylation sites is 6. The molecule has 0 unspecified atom stereocenters. The van der Waals surface area contributed by atoms with Crippen molar-refractivity contribution in [2.45, 2.75) is 0 Å². The zero-order valence-electron chi connectivity index (χ0n) is 75.2. The summed E-state index contributed by atoms with van der Waals surface area (Å²) in [5.74, 6) is 0. The topological polar surface area (TPSA) is 50.9 Å². The van der Waals surface area contributed by atoms with Crippen LogP contribution in [-0.4, -0.2) is 22.8 Å². The largest absolute Gasteiger partial charge is 0.456 e. The van der Waals surface area contributed by atoms with Gasteiger partial charge in [0.1, 0.15) is 22.3 Å². The molecule has 0 N–H and O–H groups in total. The van der Waals surface area contributed by atoms with Crippen molar-refractivity contribution in [2.24, 2.45) is 0 Å². The Bertz CT molecular complexity index is 10700. The second-order valence-corrected chi connectivity index (χ2v) is 37.2. The minimum absolute atomic E-state index is 0.907. The summed E-state index contributed by atoms with van der Waals surface area (Å²) < 4.78 is 24.6. The molecule has 0 atom stereocenters. The smallest absolute Gasteiger partial charge is 0.136 e. The van der Waals surface area contributed by atoms with Gasteiger partial charge in [0.05, 0.1) is 55.2 Å². The Morgan fingerprint density at radius 2 is 0.496 bits per heavy atom. The van der Waals surface area contributed by atoms with Crippen LogP contribution in [0, 0.1) is 0 Å². The molecular weight excluding hydrogens is 1690 g/mol. The molecule has 7 heteroatoms. The third kappa shape index (κ3) is 11.6. The zero-order chi connectivity index (χ0) is 90.8. The summed E-state index contributed by atoms with van der Waals surface area (Å²) in [6.07, 6.45) is 0. The van der Waals surface area contributed by atoms with Gasteiger partial charge in [-0.15, -0.1) is 0 Å². The second kappa shape index (κ2) is 30.0. The molecule has 0 bridgehead atoms. The van der Waals surface area contributed by atoms with Crippen LogP contribution in [0.3, 0.4) is 0 Å². The predicted molar refractivity (Wildman–Crippen MR) is 586 cm³/mol. The summed E-state index contributed by atoms with van der Waals surface area (Å²) in [6.45, 7) is 0. The van der Waals surface area contributed by atoms with Crippen LogP contribution in [0.5, 0.6) is 0 Å². The molecule has 31 aromatic rings. The Morgan fingerprint density at radius 1 is 0.122 bits per heavy atom. The molecule has 139 heavy (non-hydrogen) atoms. The van der Waals surface area contributed by atoms with E-state index in [0.29, 0.717) is 0 Å². The van der Waals surface area contributed by atoms with Crippen molar-refractivity contribution in [3.63, 3.8) is 0 Å². The van der Waals surface area contributed by atoms with Crippen molar-refractivity contribution in [1.82, 2.24) is 22.8 Å². The van der Waals surface area contributed by atoms with Crippen LogP contribution in [0.4, 0.5) is 0 Å². The highest BCUT2D eigenvalue weighted by molar-refractivity contribution is 6.32. The van der Waals surface area contributed by atoms with Crippen molar-refractivity contribution in [2.75, 3.05) is 0 Å². The SMILES string of the molecule is c1cc(-c2ccc3c(c2)oc2ccccc23)cc(-n2c3cccc4c3c3c5c(cccc5ccc32)-c2ccccc2-4)c1.c1ccc(-n2c3cc4c(cc3c3c5ccccc5ccc32)c2ccccc2n4-c2ccc3oc4ccccc4c3c2)cc1.c1ccc(-n2c3cc4ccccc4cc3c3cc4c5ccccc5n(-c5ccc(-c6ccc7c8ccccc8c8ccccc8c7c6)cc5)c4cc32)cc1. The molecule has 644 valence electrons. The number of nitrogens with zero attached hydrogens (tertiary/aromatic N) is 5. The maximum Gasteiger partial charge on any atom is 0.136 e. The molecule has 0 spiro atoms. The number of aromatic nitrogens is 5. The highest BCUT2D eigenvalue weighted by Crippen LogP contribution is 2.52. The third-order valence-corrected chi connectivity index (χ3v) is 29.8. The molecule has 0 radical (unpaired) electrons. The lowest BCUT2D eigenvalue weighted by Gasteiger charge is -2.14. The van der Waals surface area contributed by atoms with E-state index in [0.717, 1.165) is 77.9 Å². The summed E-state index contributed by atoms with van der Waals surface area (Å²) in [6, 6.07) is 175. The van der Waals surface area contributed by atoms with Gasteiger partial charge in [0, 0.05) is 104 Å². The minimum atomic E-state index is 0.907. The van der Waals surface area contributed by atoms with Crippen molar-refractivity contribution in [3.05, 3.63) is 479 Å². The van der Waals surface area contributed by atoms with E-state index >= 15 is 0 Å². The van der Waals surface area contributed by atoms with E-state index in [1.807, 2.05) is 24.3 Å². The van der Waals surface area contributed by atoms with Crippen molar-refractivity contribution in [3.8, 4) is 72.9 Å². The normalized spacial score (nSPS) is 12.2. The first kappa shape index (κ1) is 76.9. The second-order valence-electron chi connectivity index (χ2n) is 37.2. The van der Waals surface area contributed by atoms with E-state index in [-0.39, 0.29) is 0 Å². The Hall–Kier alpha value is -18.6. The number of benzene rings is 24. The average molecular weight is 1770 g/mol. The number of rotatable bonds is 7. The van der Waals surface area contributed by atoms with Crippen LogP contribution in [0.1, 0.15) is 0 Å². The molecule has 0 amide bonds. The summed E-state index contributed by atoms with van der Waals surface area (Å²) in [7, 11) is 0. The third-order valence-electron chi connectivity index (χ3n) is 29.8. The van der Waals surface area contributed by atoms with Crippen molar-refractivity contribution < 1.29 is 8.83 Å². The fourth-order valence-electron chi connectivity index (χ4n) is 23.8. The van der Waals surface area contributed by atoms with Gasteiger partial charge in [-0.1, -0.05) is 315 Å².